The molecular weight excluding hydrogens is 278 g/mol. The minimum atomic E-state index is 0.626. The number of para-hydroxylation sites is 1. The van der Waals surface area contributed by atoms with E-state index in [1.807, 2.05) is 24.4 Å². The topological polar surface area (TPSA) is 63.1 Å². The Bertz CT molecular complexity index is 723. The average molecular weight is 297 g/mol. The van der Waals surface area contributed by atoms with Gasteiger partial charge >= 0.3 is 0 Å². The van der Waals surface area contributed by atoms with Crippen LogP contribution in [-0.2, 0) is 11.3 Å². The van der Waals surface area contributed by atoms with Gasteiger partial charge in [0.2, 0.25) is 0 Å². The van der Waals surface area contributed by atoms with E-state index in [0.29, 0.717) is 5.92 Å². The van der Waals surface area contributed by atoms with Gasteiger partial charge in [-0.1, -0.05) is 18.2 Å². The number of ether oxygens (including phenoxy) is 1. The number of aromatic amines is 1. The molecule has 2 aromatic heterocycles. The molecule has 1 saturated heterocycles. The minimum absolute atomic E-state index is 0.626. The summed E-state index contributed by atoms with van der Waals surface area (Å²) in [7, 11) is 0. The van der Waals surface area contributed by atoms with Gasteiger partial charge in [0.25, 0.3) is 0 Å². The van der Waals surface area contributed by atoms with Crippen molar-refractivity contribution in [3.05, 3.63) is 42.1 Å². The summed E-state index contributed by atoms with van der Waals surface area (Å²) < 4.78 is 11.3. The van der Waals surface area contributed by atoms with Crippen molar-refractivity contribution in [1.82, 2.24) is 15.5 Å². The fraction of sp³-hybridized carbons (Fsp3) is 0.353. The largest absolute Gasteiger partial charge is 0.454 e. The van der Waals surface area contributed by atoms with Gasteiger partial charge in [-0.2, -0.15) is 5.10 Å². The molecule has 5 heteroatoms. The van der Waals surface area contributed by atoms with Gasteiger partial charge in [-0.3, -0.25) is 5.10 Å². The van der Waals surface area contributed by atoms with Crippen LogP contribution in [0.25, 0.3) is 22.4 Å². The van der Waals surface area contributed by atoms with Gasteiger partial charge in [0.15, 0.2) is 5.76 Å². The molecule has 1 aliphatic rings. The molecule has 5 nitrogen and oxygen atoms in total. The zero-order valence-corrected chi connectivity index (χ0v) is 12.3. The van der Waals surface area contributed by atoms with Crippen LogP contribution in [0.2, 0.25) is 0 Å². The van der Waals surface area contributed by atoms with Crippen molar-refractivity contribution in [2.24, 2.45) is 5.92 Å². The highest BCUT2D eigenvalue weighted by Crippen LogP contribution is 2.28. The van der Waals surface area contributed by atoms with Gasteiger partial charge in [0.1, 0.15) is 11.3 Å². The molecule has 1 aromatic carbocycles. The second-order valence-corrected chi connectivity index (χ2v) is 5.78. The number of H-pyrrole nitrogens is 1. The molecule has 1 unspecified atom stereocenters. The van der Waals surface area contributed by atoms with Crippen molar-refractivity contribution in [1.29, 1.82) is 0 Å². The molecule has 1 fully saturated rings. The number of benzene rings is 1. The van der Waals surface area contributed by atoms with E-state index in [2.05, 4.69) is 27.6 Å². The van der Waals surface area contributed by atoms with E-state index < -0.39 is 0 Å². The molecule has 0 radical (unpaired) electrons. The summed E-state index contributed by atoms with van der Waals surface area (Å²) in [5, 5.41) is 11.8. The first-order valence-corrected chi connectivity index (χ1v) is 7.70. The van der Waals surface area contributed by atoms with Gasteiger partial charge in [0, 0.05) is 30.6 Å². The molecule has 0 amide bonds. The number of rotatable bonds is 5. The number of nitrogens with zero attached hydrogens (tertiary/aromatic N) is 1. The normalized spacial score (nSPS) is 18.3. The van der Waals surface area contributed by atoms with E-state index in [1.54, 1.807) is 0 Å². The van der Waals surface area contributed by atoms with Crippen molar-refractivity contribution in [3.63, 3.8) is 0 Å². The summed E-state index contributed by atoms with van der Waals surface area (Å²) in [6, 6.07) is 10.1. The van der Waals surface area contributed by atoms with Gasteiger partial charge in [-0.05, 0) is 24.5 Å². The smallest absolute Gasteiger partial charge is 0.153 e. The summed E-state index contributed by atoms with van der Waals surface area (Å²) in [6.45, 7) is 3.52. The molecule has 3 aromatic rings. The number of aromatic nitrogens is 2. The number of hydrogen-bond acceptors (Lipinski definition) is 4. The lowest BCUT2D eigenvalue weighted by Crippen LogP contribution is -2.22. The molecular formula is C17H19N3O2. The molecule has 0 spiro atoms. The molecule has 0 aliphatic carbocycles. The summed E-state index contributed by atoms with van der Waals surface area (Å²) >= 11 is 0. The Morgan fingerprint density at radius 1 is 1.32 bits per heavy atom. The molecule has 2 N–H and O–H groups in total. The van der Waals surface area contributed by atoms with Crippen LogP contribution in [0.4, 0.5) is 0 Å². The fourth-order valence-electron chi connectivity index (χ4n) is 2.92. The molecule has 114 valence electrons. The Morgan fingerprint density at radius 2 is 2.27 bits per heavy atom. The molecule has 0 bridgehead atoms. The van der Waals surface area contributed by atoms with Crippen molar-refractivity contribution < 1.29 is 9.15 Å². The standard InChI is InChI=1S/C17H19N3O2/c1-2-4-15-13(3-1)7-16(22-15)17-14(10-19-20-17)9-18-8-12-5-6-21-11-12/h1-4,7,10,12,18H,5-6,8-9,11H2,(H,19,20). The highest BCUT2D eigenvalue weighted by Gasteiger charge is 2.16. The predicted octanol–water partition coefficient (Wildman–Crippen LogP) is 2.95. The van der Waals surface area contributed by atoms with Crippen LogP contribution in [0.3, 0.4) is 0 Å². The summed E-state index contributed by atoms with van der Waals surface area (Å²) in [6.07, 6.45) is 3.01. The van der Waals surface area contributed by atoms with Gasteiger partial charge in [-0.25, -0.2) is 0 Å². The Labute approximate surface area is 128 Å². The molecule has 4 rings (SSSR count). The van der Waals surface area contributed by atoms with E-state index in [0.717, 1.165) is 60.7 Å². The van der Waals surface area contributed by atoms with Crippen LogP contribution >= 0.6 is 0 Å². The Hall–Kier alpha value is -2.11. The van der Waals surface area contributed by atoms with Gasteiger partial charge in [0.05, 0.1) is 12.8 Å². The van der Waals surface area contributed by atoms with E-state index in [-0.39, 0.29) is 0 Å². The van der Waals surface area contributed by atoms with Crippen molar-refractivity contribution in [2.75, 3.05) is 19.8 Å². The Kier molecular flexibility index (Phi) is 3.66. The summed E-state index contributed by atoms with van der Waals surface area (Å²) in [5.41, 5.74) is 2.97. The third-order valence-electron chi connectivity index (χ3n) is 4.16. The SMILES string of the molecule is c1ccc2oc(-c3[nH]ncc3CNCC3CCOC3)cc2c1. The van der Waals surface area contributed by atoms with Crippen LogP contribution < -0.4 is 5.32 Å². The number of furan rings is 1. The lowest BCUT2D eigenvalue weighted by molar-refractivity contribution is 0.185. The molecule has 3 heterocycles. The molecule has 1 aliphatic heterocycles. The predicted molar refractivity (Wildman–Crippen MR) is 84.4 cm³/mol. The zero-order chi connectivity index (χ0) is 14.8. The molecule has 1 atom stereocenters. The zero-order valence-electron chi connectivity index (χ0n) is 12.3. The van der Waals surface area contributed by atoms with Crippen molar-refractivity contribution >= 4 is 11.0 Å². The minimum Gasteiger partial charge on any atom is -0.454 e. The fourth-order valence-corrected chi connectivity index (χ4v) is 2.92. The van der Waals surface area contributed by atoms with Crippen molar-refractivity contribution in [2.45, 2.75) is 13.0 Å². The number of nitrogens with one attached hydrogen (secondary N) is 2. The maximum atomic E-state index is 5.91. The molecule has 0 saturated carbocycles. The van der Waals surface area contributed by atoms with E-state index in [9.17, 15) is 0 Å². The van der Waals surface area contributed by atoms with Crippen LogP contribution in [0.5, 0.6) is 0 Å². The third kappa shape index (κ3) is 2.65. The molecule has 22 heavy (non-hydrogen) atoms. The second-order valence-electron chi connectivity index (χ2n) is 5.78. The van der Waals surface area contributed by atoms with Crippen LogP contribution in [0, 0.1) is 5.92 Å². The summed E-state index contributed by atoms with van der Waals surface area (Å²) in [4.78, 5) is 0. The monoisotopic (exact) mass is 297 g/mol. The van der Waals surface area contributed by atoms with E-state index in [1.165, 1.54) is 0 Å². The first kappa shape index (κ1) is 13.5. The number of fused-ring (bicyclic) bond motifs is 1. The van der Waals surface area contributed by atoms with Crippen LogP contribution in [0.1, 0.15) is 12.0 Å². The second kappa shape index (κ2) is 5.94. The number of hydrogen-bond donors (Lipinski definition) is 2. The highest BCUT2D eigenvalue weighted by atomic mass is 16.5. The van der Waals surface area contributed by atoms with Crippen LogP contribution in [0.15, 0.2) is 40.9 Å². The summed E-state index contributed by atoms with van der Waals surface area (Å²) in [5.74, 6) is 1.46. The Morgan fingerprint density at radius 3 is 3.14 bits per heavy atom. The van der Waals surface area contributed by atoms with Crippen LogP contribution in [-0.4, -0.2) is 30.0 Å². The average Bonchev–Trinajstić information content (AvgIpc) is 3.27. The maximum absolute atomic E-state index is 5.91. The first-order valence-electron chi connectivity index (χ1n) is 7.70. The highest BCUT2D eigenvalue weighted by molar-refractivity contribution is 5.82. The van der Waals surface area contributed by atoms with Gasteiger partial charge in [-0.15, -0.1) is 0 Å². The van der Waals surface area contributed by atoms with E-state index >= 15 is 0 Å². The lowest BCUT2D eigenvalue weighted by Gasteiger charge is -2.08. The van der Waals surface area contributed by atoms with Crippen molar-refractivity contribution in [3.8, 4) is 11.5 Å². The third-order valence-corrected chi connectivity index (χ3v) is 4.16. The Balaban J connectivity index is 1.49. The van der Waals surface area contributed by atoms with E-state index in [4.69, 9.17) is 9.15 Å². The van der Waals surface area contributed by atoms with Gasteiger partial charge < -0.3 is 14.5 Å². The first-order chi connectivity index (χ1) is 10.9. The quantitative estimate of drug-likeness (QED) is 0.760. The lowest BCUT2D eigenvalue weighted by atomic mass is 10.1. The maximum Gasteiger partial charge on any atom is 0.153 e.